The molecule has 2 aliphatic rings. The third-order valence-corrected chi connectivity index (χ3v) is 6.23. The molecule has 1 aromatic heterocycles. The topological polar surface area (TPSA) is 120 Å². The summed E-state index contributed by atoms with van der Waals surface area (Å²) in [5.74, 6) is -0.397. The molecular weight excluding hydrogens is 479 g/mol. The molecule has 12 heteroatoms. The predicted molar refractivity (Wildman–Crippen MR) is 124 cm³/mol. The maximum Gasteiger partial charge on any atom is 0.293 e. The van der Waals surface area contributed by atoms with Crippen LogP contribution in [0, 0.1) is 5.82 Å². The molecule has 1 N–H and O–H groups in total. The molecule has 0 saturated carbocycles. The number of rotatable bonds is 6. The number of hydrogen-bond donors (Lipinski definition) is 1. The van der Waals surface area contributed by atoms with Crippen molar-refractivity contribution in [2.75, 3.05) is 19.9 Å². The number of ether oxygens (including phenoxy) is 2. The van der Waals surface area contributed by atoms with E-state index in [1.807, 2.05) is 0 Å². The quantitative estimate of drug-likeness (QED) is 0.516. The Bertz CT molecular complexity index is 1470. The van der Waals surface area contributed by atoms with Crippen molar-refractivity contribution in [1.82, 2.24) is 19.8 Å². The van der Waals surface area contributed by atoms with Crippen LogP contribution >= 0.6 is 11.8 Å². The lowest BCUT2D eigenvalue weighted by atomic mass is 10.2. The molecule has 2 aromatic carbocycles. The monoisotopic (exact) mass is 496 g/mol. The predicted octanol–water partition coefficient (Wildman–Crippen LogP) is 2.12. The molecule has 1 fully saturated rings. The van der Waals surface area contributed by atoms with Gasteiger partial charge in [-0.15, -0.1) is 0 Å². The highest BCUT2D eigenvalue weighted by Gasteiger charge is 2.34. The Morgan fingerprint density at radius 1 is 1.14 bits per heavy atom. The maximum atomic E-state index is 13.5. The molecule has 178 valence electrons. The number of benzene rings is 2. The van der Waals surface area contributed by atoms with Crippen molar-refractivity contribution in [3.63, 3.8) is 0 Å². The second-order valence-corrected chi connectivity index (χ2v) is 8.63. The highest BCUT2D eigenvalue weighted by atomic mass is 32.2. The summed E-state index contributed by atoms with van der Waals surface area (Å²) in [6.07, 6.45) is 2.80. The van der Waals surface area contributed by atoms with E-state index in [1.54, 1.807) is 24.3 Å². The van der Waals surface area contributed by atoms with Crippen molar-refractivity contribution < 1.29 is 28.2 Å². The Morgan fingerprint density at radius 3 is 2.83 bits per heavy atom. The Balaban J connectivity index is 1.19. The summed E-state index contributed by atoms with van der Waals surface area (Å²) in [5.41, 5.74) is 0.452. The van der Waals surface area contributed by atoms with Crippen LogP contribution in [0.15, 0.2) is 52.4 Å². The van der Waals surface area contributed by atoms with Crippen LogP contribution in [-0.2, 0) is 16.1 Å². The zero-order chi connectivity index (χ0) is 24.5. The first-order valence-corrected chi connectivity index (χ1v) is 11.3. The molecule has 5 rings (SSSR count). The standard InChI is InChI=1S/C23H17FN4O6S/c24-14-2-3-16-15(9-14)21(30)27(11-26-16)10-20(29)25-5-6-28-22(31)19(35-23(28)32)8-13-1-4-17-18(7-13)34-12-33-17/h1-4,7-9,11H,5-6,10,12H2,(H,25,29)/b19-8-. The Hall–Kier alpha value is -4.19. The zero-order valence-electron chi connectivity index (χ0n) is 18.0. The molecule has 0 spiro atoms. The summed E-state index contributed by atoms with van der Waals surface area (Å²) in [7, 11) is 0. The fourth-order valence-electron chi connectivity index (χ4n) is 3.61. The molecule has 10 nitrogen and oxygen atoms in total. The van der Waals surface area contributed by atoms with Gasteiger partial charge in [0, 0.05) is 13.1 Å². The normalized spacial score (nSPS) is 15.9. The van der Waals surface area contributed by atoms with E-state index in [2.05, 4.69) is 10.3 Å². The Labute approximate surface area is 201 Å². The Morgan fingerprint density at radius 2 is 1.97 bits per heavy atom. The minimum absolute atomic E-state index is 0.00142. The van der Waals surface area contributed by atoms with E-state index in [-0.39, 0.29) is 36.7 Å². The van der Waals surface area contributed by atoms with E-state index in [0.29, 0.717) is 22.6 Å². The molecule has 0 unspecified atom stereocenters. The molecule has 2 aliphatic heterocycles. The molecule has 0 radical (unpaired) electrons. The van der Waals surface area contributed by atoms with Gasteiger partial charge in [0.15, 0.2) is 11.5 Å². The summed E-state index contributed by atoms with van der Waals surface area (Å²) in [4.78, 5) is 55.1. The Kier molecular flexibility index (Phi) is 5.95. The van der Waals surface area contributed by atoms with Gasteiger partial charge in [0.05, 0.1) is 22.1 Å². The average Bonchev–Trinajstić information content (AvgIpc) is 3.40. The lowest BCUT2D eigenvalue weighted by molar-refractivity contribution is -0.124. The number of fused-ring (bicyclic) bond motifs is 2. The van der Waals surface area contributed by atoms with Crippen molar-refractivity contribution in [1.29, 1.82) is 0 Å². The summed E-state index contributed by atoms with van der Waals surface area (Å²) in [6.45, 7) is -0.251. The minimum Gasteiger partial charge on any atom is -0.454 e. The van der Waals surface area contributed by atoms with Crippen LogP contribution in [-0.4, -0.2) is 51.4 Å². The van der Waals surface area contributed by atoms with Gasteiger partial charge in [-0.3, -0.25) is 28.6 Å². The number of nitrogens with zero attached hydrogens (tertiary/aromatic N) is 3. The molecule has 0 aliphatic carbocycles. The van der Waals surface area contributed by atoms with Crippen molar-refractivity contribution in [2.24, 2.45) is 0 Å². The molecular formula is C23H17FN4O6S. The van der Waals surface area contributed by atoms with Crippen molar-refractivity contribution in [2.45, 2.75) is 6.54 Å². The van der Waals surface area contributed by atoms with E-state index >= 15 is 0 Å². The van der Waals surface area contributed by atoms with Crippen LogP contribution in [0.3, 0.4) is 0 Å². The first-order chi connectivity index (χ1) is 16.9. The van der Waals surface area contributed by atoms with Crippen LogP contribution in [0.25, 0.3) is 17.0 Å². The summed E-state index contributed by atoms with van der Waals surface area (Å²) >= 11 is 0.805. The lowest BCUT2D eigenvalue weighted by Gasteiger charge is -2.13. The highest BCUT2D eigenvalue weighted by molar-refractivity contribution is 8.18. The van der Waals surface area contributed by atoms with Gasteiger partial charge >= 0.3 is 0 Å². The van der Waals surface area contributed by atoms with Gasteiger partial charge < -0.3 is 14.8 Å². The first kappa shape index (κ1) is 22.6. The van der Waals surface area contributed by atoms with Crippen molar-refractivity contribution in [3.8, 4) is 11.5 Å². The SMILES string of the molecule is O=C(Cn1cnc2ccc(F)cc2c1=O)NCCN1C(=O)S/C(=C\c2ccc3c(c2)OCO3)C1=O. The number of amides is 3. The second kappa shape index (κ2) is 9.22. The van der Waals surface area contributed by atoms with Gasteiger partial charge in [-0.05, 0) is 53.7 Å². The number of nitrogens with one attached hydrogen (secondary N) is 1. The fourth-order valence-corrected chi connectivity index (χ4v) is 4.47. The van der Waals surface area contributed by atoms with Gasteiger partial charge in [0.2, 0.25) is 12.7 Å². The molecule has 3 aromatic rings. The van der Waals surface area contributed by atoms with Crippen LogP contribution in [0.4, 0.5) is 9.18 Å². The van der Waals surface area contributed by atoms with Crippen LogP contribution in [0.5, 0.6) is 11.5 Å². The number of carbonyl (C=O) groups is 3. The lowest BCUT2D eigenvalue weighted by Crippen LogP contribution is -2.39. The van der Waals surface area contributed by atoms with E-state index in [1.165, 1.54) is 18.5 Å². The molecule has 35 heavy (non-hydrogen) atoms. The maximum absolute atomic E-state index is 13.5. The molecule has 0 atom stereocenters. The number of hydrogen-bond acceptors (Lipinski definition) is 8. The van der Waals surface area contributed by atoms with Gasteiger partial charge in [0.1, 0.15) is 12.4 Å². The average molecular weight is 496 g/mol. The number of carbonyl (C=O) groups excluding carboxylic acids is 3. The largest absolute Gasteiger partial charge is 0.454 e. The fraction of sp³-hybridized carbons (Fsp3) is 0.174. The van der Waals surface area contributed by atoms with Gasteiger partial charge in [-0.1, -0.05) is 6.07 Å². The minimum atomic E-state index is -0.580. The number of halogens is 1. The van der Waals surface area contributed by atoms with Crippen LogP contribution in [0.2, 0.25) is 0 Å². The number of aromatic nitrogens is 2. The second-order valence-electron chi connectivity index (χ2n) is 7.64. The molecule has 1 saturated heterocycles. The molecule has 0 bridgehead atoms. The van der Waals surface area contributed by atoms with E-state index in [9.17, 15) is 23.6 Å². The summed E-state index contributed by atoms with van der Waals surface area (Å²) in [6, 6.07) is 8.83. The third kappa shape index (κ3) is 4.60. The third-order valence-electron chi connectivity index (χ3n) is 5.33. The van der Waals surface area contributed by atoms with E-state index in [0.717, 1.165) is 27.3 Å². The van der Waals surface area contributed by atoms with Crippen molar-refractivity contribution in [3.05, 3.63) is 69.4 Å². The van der Waals surface area contributed by atoms with Gasteiger partial charge in [-0.2, -0.15) is 0 Å². The zero-order valence-corrected chi connectivity index (χ0v) is 18.8. The summed E-state index contributed by atoms with van der Waals surface area (Å²) in [5, 5.41) is 2.18. The smallest absolute Gasteiger partial charge is 0.293 e. The number of imide groups is 1. The van der Waals surface area contributed by atoms with E-state index < -0.39 is 28.4 Å². The molecule has 3 heterocycles. The summed E-state index contributed by atoms with van der Waals surface area (Å²) < 4.78 is 25.1. The van der Waals surface area contributed by atoms with Crippen LogP contribution in [0.1, 0.15) is 5.56 Å². The van der Waals surface area contributed by atoms with E-state index in [4.69, 9.17) is 9.47 Å². The number of thioether (sulfide) groups is 1. The van der Waals surface area contributed by atoms with Crippen molar-refractivity contribution >= 4 is 45.8 Å². The van der Waals surface area contributed by atoms with Crippen LogP contribution < -0.4 is 20.3 Å². The first-order valence-electron chi connectivity index (χ1n) is 10.5. The molecule has 3 amide bonds. The van der Waals surface area contributed by atoms with Gasteiger partial charge in [0.25, 0.3) is 16.7 Å². The highest BCUT2D eigenvalue weighted by Crippen LogP contribution is 2.36. The van der Waals surface area contributed by atoms with Gasteiger partial charge in [-0.25, -0.2) is 9.37 Å².